The minimum absolute atomic E-state index is 0.116. The fraction of sp³-hybridized carbons (Fsp3) is 0. The summed E-state index contributed by atoms with van der Waals surface area (Å²) in [6, 6.07) is 0. The van der Waals surface area contributed by atoms with Gasteiger partial charge in [0, 0.05) is 12.4 Å². The van der Waals surface area contributed by atoms with Gasteiger partial charge in [0.25, 0.3) is 0 Å². The molecule has 15 heavy (non-hydrogen) atoms. The third-order valence-electron chi connectivity index (χ3n) is 1.81. The first-order valence-corrected chi connectivity index (χ1v) is 3.81. The van der Waals surface area contributed by atoms with Crippen LogP contribution in [-0.2, 0) is 0 Å². The number of nitro groups is 1. The molecule has 2 rings (SSSR count). The minimum Gasteiger partial charge on any atom is -0.476 e. The van der Waals surface area contributed by atoms with Crippen molar-refractivity contribution in [3.63, 3.8) is 0 Å². The Hall–Kier alpha value is -2.51. The number of aromatic carboxylic acids is 1. The van der Waals surface area contributed by atoms with Crippen molar-refractivity contribution in [2.75, 3.05) is 0 Å². The second kappa shape index (κ2) is 3.01. The highest BCUT2D eigenvalue weighted by Crippen LogP contribution is 2.21. The van der Waals surface area contributed by atoms with Gasteiger partial charge in [-0.05, 0) is 0 Å². The van der Waals surface area contributed by atoms with E-state index in [-0.39, 0.29) is 16.9 Å². The van der Waals surface area contributed by atoms with Gasteiger partial charge in [0.2, 0.25) is 0 Å². The van der Waals surface area contributed by atoms with Crippen LogP contribution in [0.25, 0.3) is 5.52 Å². The molecule has 76 valence electrons. The van der Waals surface area contributed by atoms with E-state index in [4.69, 9.17) is 5.11 Å². The Labute approximate surface area is 81.9 Å². The minimum atomic E-state index is -1.33. The van der Waals surface area contributed by atoms with Crippen LogP contribution in [0, 0.1) is 10.1 Å². The molecule has 0 saturated carbocycles. The van der Waals surface area contributed by atoms with Gasteiger partial charge in [-0.15, -0.1) is 0 Å². The topological polar surface area (TPSA) is 111 Å². The normalized spacial score (nSPS) is 10.4. The molecule has 0 radical (unpaired) electrons. The lowest BCUT2D eigenvalue weighted by Crippen LogP contribution is -2.04. The molecule has 0 bridgehead atoms. The van der Waals surface area contributed by atoms with Gasteiger partial charge in [-0.25, -0.2) is 14.3 Å². The van der Waals surface area contributed by atoms with E-state index in [9.17, 15) is 14.9 Å². The highest BCUT2D eigenvalue weighted by atomic mass is 16.6. The molecule has 2 aromatic heterocycles. The average molecular weight is 208 g/mol. The van der Waals surface area contributed by atoms with Crippen molar-refractivity contribution < 1.29 is 14.8 Å². The fourth-order valence-electron chi connectivity index (χ4n) is 1.22. The standard InChI is InChI=1S/C7H4N4O4/c12-7(13)5-6-4(11(14)15)3-9-10(6)2-1-8-5/h1-3H,(H,12,13). The van der Waals surface area contributed by atoms with Crippen molar-refractivity contribution in [3.05, 3.63) is 34.4 Å². The molecule has 2 aromatic rings. The first-order chi connectivity index (χ1) is 7.11. The number of hydrogen-bond acceptors (Lipinski definition) is 5. The SMILES string of the molecule is O=C(O)c1nccn2ncc([N+](=O)[O-])c12. The van der Waals surface area contributed by atoms with Crippen molar-refractivity contribution in [1.82, 2.24) is 14.6 Å². The number of fused-ring (bicyclic) bond motifs is 1. The van der Waals surface area contributed by atoms with Crippen LogP contribution in [0.2, 0.25) is 0 Å². The molecule has 0 amide bonds. The van der Waals surface area contributed by atoms with Gasteiger partial charge < -0.3 is 5.11 Å². The number of carbonyl (C=O) groups is 1. The molecular weight excluding hydrogens is 204 g/mol. The third kappa shape index (κ3) is 1.27. The van der Waals surface area contributed by atoms with E-state index in [0.29, 0.717) is 0 Å². The van der Waals surface area contributed by atoms with Crippen LogP contribution in [0.15, 0.2) is 18.6 Å². The zero-order valence-electron chi connectivity index (χ0n) is 7.19. The molecule has 0 aliphatic heterocycles. The van der Waals surface area contributed by atoms with Crippen molar-refractivity contribution >= 4 is 17.2 Å². The fourth-order valence-corrected chi connectivity index (χ4v) is 1.22. The number of carboxylic acids is 1. The van der Waals surface area contributed by atoms with E-state index < -0.39 is 10.9 Å². The van der Waals surface area contributed by atoms with Crippen LogP contribution in [0.3, 0.4) is 0 Å². The summed E-state index contributed by atoms with van der Waals surface area (Å²) in [6.07, 6.45) is 3.55. The molecule has 0 aromatic carbocycles. The van der Waals surface area contributed by atoms with E-state index in [1.54, 1.807) is 0 Å². The second-order valence-electron chi connectivity index (χ2n) is 2.66. The van der Waals surface area contributed by atoms with E-state index in [1.165, 1.54) is 12.4 Å². The summed E-state index contributed by atoms with van der Waals surface area (Å²) in [5.41, 5.74) is -0.878. The number of nitrogens with zero attached hydrogens (tertiary/aromatic N) is 4. The number of hydrogen-bond donors (Lipinski definition) is 1. The Morgan fingerprint density at radius 3 is 2.93 bits per heavy atom. The summed E-state index contributed by atoms with van der Waals surface area (Å²) in [5.74, 6) is -1.33. The van der Waals surface area contributed by atoms with Gasteiger partial charge in [-0.1, -0.05) is 0 Å². The Kier molecular flexibility index (Phi) is 1.82. The van der Waals surface area contributed by atoms with E-state index in [1.807, 2.05) is 0 Å². The van der Waals surface area contributed by atoms with Crippen molar-refractivity contribution in [2.45, 2.75) is 0 Å². The Balaban J connectivity index is 2.86. The maximum Gasteiger partial charge on any atom is 0.357 e. The molecule has 2 heterocycles. The maximum absolute atomic E-state index is 10.8. The lowest BCUT2D eigenvalue weighted by Gasteiger charge is -1.96. The van der Waals surface area contributed by atoms with E-state index in [2.05, 4.69) is 10.1 Å². The third-order valence-corrected chi connectivity index (χ3v) is 1.81. The van der Waals surface area contributed by atoms with Crippen LogP contribution in [0.1, 0.15) is 10.5 Å². The second-order valence-corrected chi connectivity index (χ2v) is 2.66. The molecule has 0 unspecified atom stereocenters. The first-order valence-electron chi connectivity index (χ1n) is 3.81. The maximum atomic E-state index is 10.8. The van der Waals surface area contributed by atoms with Crippen LogP contribution in [-0.4, -0.2) is 30.6 Å². The molecule has 0 aliphatic rings. The van der Waals surface area contributed by atoms with Crippen LogP contribution < -0.4 is 0 Å². The smallest absolute Gasteiger partial charge is 0.357 e. The van der Waals surface area contributed by atoms with Gasteiger partial charge in [0.05, 0.1) is 4.92 Å². The molecule has 8 heteroatoms. The summed E-state index contributed by atoms with van der Waals surface area (Å²) in [5, 5.41) is 23.0. The molecule has 0 spiro atoms. The molecule has 0 fully saturated rings. The van der Waals surface area contributed by atoms with Gasteiger partial charge in [0.15, 0.2) is 11.2 Å². The zero-order chi connectivity index (χ0) is 11.0. The predicted molar refractivity (Wildman–Crippen MR) is 46.6 cm³/mol. The monoisotopic (exact) mass is 208 g/mol. The summed E-state index contributed by atoms with van der Waals surface area (Å²) in [4.78, 5) is 24.2. The van der Waals surface area contributed by atoms with E-state index in [0.717, 1.165) is 10.7 Å². The quantitative estimate of drug-likeness (QED) is 0.562. The summed E-state index contributed by atoms with van der Waals surface area (Å²) in [6.45, 7) is 0. The number of rotatable bonds is 2. The highest BCUT2D eigenvalue weighted by molar-refractivity contribution is 5.96. The van der Waals surface area contributed by atoms with Gasteiger partial charge >= 0.3 is 11.7 Å². The summed E-state index contributed by atoms with van der Waals surface area (Å²) < 4.78 is 1.11. The predicted octanol–water partition coefficient (Wildman–Crippen LogP) is 0.336. The van der Waals surface area contributed by atoms with Crippen LogP contribution in [0.5, 0.6) is 0 Å². The van der Waals surface area contributed by atoms with Crippen molar-refractivity contribution in [2.24, 2.45) is 0 Å². The molecular formula is C7H4N4O4. The van der Waals surface area contributed by atoms with Crippen molar-refractivity contribution in [1.29, 1.82) is 0 Å². The molecule has 8 nitrogen and oxygen atoms in total. The molecule has 0 atom stereocenters. The summed E-state index contributed by atoms with van der Waals surface area (Å²) >= 11 is 0. The largest absolute Gasteiger partial charge is 0.476 e. The first kappa shape index (κ1) is 9.06. The highest BCUT2D eigenvalue weighted by Gasteiger charge is 2.22. The molecule has 0 aliphatic carbocycles. The van der Waals surface area contributed by atoms with E-state index >= 15 is 0 Å². The van der Waals surface area contributed by atoms with Gasteiger partial charge in [-0.3, -0.25) is 10.1 Å². The molecule has 0 saturated heterocycles. The lowest BCUT2D eigenvalue weighted by atomic mass is 10.3. The van der Waals surface area contributed by atoms with Gasteiger partial charge in [-0.2, -0.15) is 5.10 Å². The number of carboxylic acid groups (broad SMARTS) is 1. The Morgan fingerprint density at radius 1 is 1.60 bits per heavy atom. The van der Waals surface area contributed by atoms with Crippen molar-refractivity contribution in [3.8, 4) is 0 Å². The van der Waals surface area contributed by atoms with Crippen LogP contribution in [0.4, 0.5) is 5.69 Å². The Bertz CT molecular complexity index is 561. The summed E-state index contributed by atoms with van der Waals surface area (Å²) in [7, 11) is 0. The van der Waals surface area contributed by atoms with Gasteiger partial charge in [0.1, 0.15) is 6.20 Å². The average Bonchev–Trinajstić information content (AvgIpc) is 2.60. The zero-order valence-corrected chi connectivity index (χ0v) is 7.19. The molecule has 1 N–H and O–H groups in total. The Morgan fingerprint density at radius 2 is 2.33 bits per heavy atom. The van der Waals surface area contributed by atoms with Crippen LogP contribution >= 0.6 is 0 Å². The number of aromatic nitrogens is 3. The lowest BCUT2D eigenvalue weighted by molar-refractivity contribution is -0.383.